The van der Waals surface area contributed by atoms with Crippen LogP contribution in [0, 0.1) is 6.92 Å². The van der Waals surface area contributed by atoms with Gasteiger partial charge < -0.3 is 19.4 Å². The zero-order chi connectivity index (χ0) is 20.2. The van der Waals surface area contributed by atoms with Crippen LogP contribution in [0.15, 0.2) is 42.6 Å². The van der Waals surface area contributed by atoms with Crippen LogP contribution in [0.4, 0.5) is 5.69 Å². The first-order chi connectivity index (χ1) is 14.1. The molecule has 2 aromatic rings. The predicted octanol–water partition coefficient (Wildman–Crippen LogP) is 1.82. The summed E-state index contributed by atoms with van der Waals surface area (Å²) < 4.78 is 5.30. The highest BCUT2D eigenvalue weighted by Crippen LogP contribution is 2.19. The number of hydrogen-bond acceptors (Lipinski definition) is 5. The third kappa shape index (κ3) is 4.40. The Balaban J connectivity index is 1.40. The van der Waals surface area contributed by atoms with E-state index in [1.165, 1.54) is 11.3 Å². The van der Waals surface area contributed by atoms with Crippen LogP contribution in [0.25, 0.3) is 0 Å². The summed E-state index contributed by atoms with van der Waals surface area (Å²) in [5.74, 6) is -0.195. The van der Waals surface area contributed by atoms with Crippen molar-refractivity contribution in [3.63, 3.8) is 0 Å². The molecule has 0 aliphatic carbocycles. The number of morpholine rings is 1. The minimum absolute atomic E-state index is 0.0750. The van der Waals surface area contributed by atoms with Gasteiger partial charge in [-0.05, 0) is 36.8 Å². The van der Waals surface area contributed by atoms with Gasteiger partial charge in [-0.1, -0.05) is 12.1 Å². The van der Waals surface area contributed by atoms with E-state index in [9.17, 15) is 9.59 Å². The van der Waals surface area contributed by atoms with Crippen LogP contribution in [0.2, 0.25) is 0 Å². The van der Waals surface area contributed by atoms with Crippen molar-refractivity contribution in [3.05, 3.63) is 59.4 Å². The van der Waals surface area contributed by atoms with Crippen molar-refractivity contribution in [1.82, 2.24) is 14.8 Å². The second-order valence-corrected chi connectivity index (χ2v) is 7.45. The molecule has 0 saturated carbocycles. The average Bonchev–Trinajstić information content (AvgIpc) is 2.79. The number of benzene rings is 1. The maximum absolute atomic E-state index is 12.9. The summed E-state index contributed by atoms with van der Waals surface area (Å²) in [5, 5.41) is 0. The summed E-state index contributed by atoms with van der Waals surface area (Å²) in [6.07, 6.45) is 1.55. The standard InChI is InChI=1S/C22H26N4O3/c1-17-3-2-4-19(15-17)24-7-9-25(10-8-24)22(28)20-16-18(5-6-23-20)21(27)26-11-13-29-14-12-26/h2-6,15-16H,7-14H2,1H3. The van der Waals surface area contributed by atoms with Crippen molar-refractivity contribution in [1.29, 1.82) is 0 Å². The molecule has 0 N–H and O–H groups in total. The number of pyridine rings is 1. The molecule has 0 unspecified atom stereocenters. The first kappa shape index (κ1) is 19.4. The molecule has 7 heteroatoms. The topological polar surface area (TPSA) is 66.0 Å². The quantitative estimate of drug-likeness (QED) is 0.795. The molecular weight excluding hydrogens is 368 g/mol. The lowest BCUT2D eigenvalue weighted by Gasteiger charge is -2.36. The summed E-state index contributed by atoms with van der Waals surface area (Å²) in [7, 11) is 0. The number of aryl methyl sites for hydroxylation is 1. The summed E-state index contributed by atoms with van der Waals surface area (Å²) in [6.45, 7) is 7.16. The van der Waals surface area contributed by atoms with Gasteiger partial charge in [-0.3, -0.25) is 14.6 Å². The highest BCUT2D eigenvalue weighted by atomic mass is 16.5. The van der Waals surface area contributed by atoms with E-state index in [1.54, 1.807) is 23.2 Å². The van der Waals surface area contributed by atoms with E-state index in [0.29, 0.717) is 50.7 Å². The Morgan fingerprint density at radius 3 is 2.34 bits per heavy atom. The highest BCUT2D eigenvalue weighted by Gasteiger charge is 2.25. The van der Waals surface area contributed by atoms with E-state index < -0.39 is 0 Å². The number of nitrogens with zero attached hydrogens (tertiary/aromatic N) is 4. The van der Waals surface area contributed by atoms with Crippen LogP contribution in [0.5, 0.6) is 0 Å². The average molecular weight is 394 g/mol. The van der Waals surface area contributed by atoms with Crippen molar-refractivity contribution in [2.75, 3.05) is 57.4 Å². The van der Waals surface area contributed by atoms with Crippen molar-refractivity contribution in [2.24, 2.45) is 0 Å². The first-order valence-corrected chi connectivity index (χ1v) is 10.1. The van der Waals surface area contributed by atoms with Crippen LogP contribution in [0.3, 0.4) is 0 Å². The molecule has 1 aromatic heterocycles. The second-order valence-electron chi connectivity index (χ2n) is 7.45. The highest BCUT2D eigenvalue weighted by molar-refractivity contribution is 5.98. The number of hydrogen-bond donors (Lipinski definition) is 0. The minimum Gasteiger partial charge on any atom is -0.378 e. The van der Waals surface area contributed by atoms with E-state index in [4.69, 9.17) is 4.74 Å². The predicted molar refractivity (Wildman–Crippen MR) is 110 cm³/mol. The lowest BCUT2D eigenvalue weighted by Crippen LogP contribution is -2.49. The molecule has 0 atom stereocenters. The van der Waals surface area contributed by atoms with Crippen molar-refractivity contribution < 1.29 is 14.3 Å². The molecule has 2 aliphatic heterocycles. The number of amides is 2. The molecular formula is C22H26N4O3. The molecule has 7 nitrogen and oxygen atoms in total. The van der Waals surface area contributed by atoms with Crippen molar-refractivity contribution >= 4 is 17.5 Å². The number of anilines is 1. The lowest BCUT2D eigenvalue weighted by atomic mass is 10.1. The maximum atomic E-state index is 12.9. The molecule has 2 saturated heterocycles. The second kappa shape index (κ2) is 8.61. The Morgan fingerprint density at radius 1 is 0.897 bits per heavy atom. The Kier molecular flexibility index (Phi) is 5.76. The van der Waals surface area contributed by atoms with Crippen molar-refractivity contribution in [3.8, 4) is 0 Å². The molecule has 4 rings (SSSR count). The molecule has 29 heavy (non-hydrogen) atoms. The van der Waals surface area contributed by atoms with Gasteiger partial charge in [-0.2, -0.15) is 0 Å². The number of ether oxygens (including phenoxy) is 1. The zero-order valence-electron chi connectivity index (χ0n) is 16.7. The van der Waals surface area contributed by atoms with Crippen LogP contribution < -0.4 is 4.90 Å². The van der Waals surface area contributed by atoms with Crippen LogP contribution >= 0.6 is 0 Å². The molecule has 152 valence electrons. The van der Waals surface area contributed by atoms with Gasteiger partial charge in [0.15, 0.2) is 0 Å². The van der Waals surface area contributed by atoms with Gasteiger partial charge in [-0.25, -0.2) is 0 Å². The summed E-state index contributed by atoms with van der Waals surface area (Å²) >= 11 is 0. The lowest BCUT2D eigenvalue weighted by molar-refractivity contribution is 0.0303. The van der Waals surface area contributed by atoms with Crippen LogP contribution in [-0.2, 0) is 4.74 Å². The normalized spacial score (nSPS) is 17.3. The van der Waals surface area contributed by atoms with Gasteiger partial charge in [0.25, 0.3) is 11.8 Å². The van der Waals surface area contributed by atoms with E-state index in [-0.39, 0.29) is 11.8 Å². The molecule has 0 radical (unpaired) electrons. The van der Waals surface area contributed by atoms with Gasteiger partial charge in [-0.15, -0.1) is 0 Å². The maximum Gasteiger partial charge on any atom is 0.272 e. The number of carbonyl (C=O) groups excluding carboxylic acids is 2. The largest absolute Gasteiger partial charge is 0.378 e. The van der Waals surface area contributed by atoms with E-state index >= 15 is 0 Å². The van der Waals surface area contributed by atoms with Crippen LogP contribution in [0.1, 0.15) is 26.4 Å². The fraction of sp³-hybridized carbons (Fsp3) is 0.409. The van der Waals surface area contributed by atoms with Gasteiger partial charge in [0.2, 0.25) is 0 Å². The zero-order valence-corrected chi connectivity index (χ0v) is 16.7. The number of piperazine rings is 1. The number of aromatic nitrogens is 1. The summed E-state index contributed by atoms with van der Waals surface area (Å²) in [6, 6.07) is 11.7. The smallest absolute Gasteiger partial charge is 0.272 e. The van der Waals surface area contributed by atoms with Gasteiger partial charge in [0, 0.05) is 56.7 Å². The third-order valence-electron chi connectivity index (χ3n) is 5.46. The molecule has 2 aliphatic rings. The van der Waals surface area contributed by atoms with Crippen LogP contribution in [-0.4, -0.2) is 79.1 Å². The van der Waals surface area contributed by atoms with Gasteiger partial charge in [0.1, 0.15) is 5.69 Å². The molecule has 0 bridgehead atoms. The number of rotatable bonds is 3. The number of carbonyl (C=O) groups is 2. The third-order valence-corrected chi connectivity index (χ3v) is 5.46. The first-order valence-electron chi connectivity index (χ1n) is 10.1. The van der Waals surface area contributed by atoms with Crippen molar-refractivity contribution in [2.45, 2.75) is 6.92 Å². The van der Waals surface area contributed by atoms with E-state index in [1.807, 2.05) is 4.90 Å². The van der Waals surface area contributed by atoms with E-state index in [0.717, 1.165) is 13.1 Å². The Bertz CT molecular complexity index is 887. The molecule has 3 heterocycles. The van der Waals surface area contributed by atoms with Gasteiger partial charge in [0.05, 0.1) is 13.2 Å². The molecule has 2 fully saturated rings. The molecule has 1 aromatic carbocycles. The summed E-state index contributed by atoms with van der Waals surface area (Å²) in [5.41, 5.74) is 3.25. The Hall–Kier alpha value is -2.93. The SMILES string of the molecule is Cc1cccc(N2CCN(C(=O)c3cc(C(=O)N4CCOCC4)ccn3)CC2)c1. The minimum atomic E-state index is -0.120. The Labute approximate surface area is 170 Å². The Morgan fingerprint density at radius 2 is 1.62 bits per heavy atom. The monoisotopic (exact) mass is 394 g/mol. The van der Waals surface area contributed by atoms with E-state index in [2.05, 4.69) is 41.1 Å². The summed E-state index contributed by atoms with van der Waals surface area (Å²) in [4.78, 5) is 35.7. The molecule has 0 spiro atoms. The fourth-order valence-corrected chi connectivity index (χ4v) is 3.78. The fourth-order valence-electron chi connectivity index (χ4n) is 3.78. The van der Waals surface area contributed by atoms with Gasteiger partial charge >= 0.3 is 0 Å². The molecule has 2 amide bonds.